The van der Waals surface area contributed by atoms with E-state index in [1.807, 2.05) is 0 Å². The molecule has 0 saturated heterocycles. The monoisotopic (exact) mass is 310 g/mol. The van der Waals surface area contributed by atoms with Crippen molar-refractivity contribution >= 4 is 15.9 Å². The first-order valence-corrected chi connectivity index (χ1v) is 7.34. The van der Waals surface area contributed by atoms with Crippen LogP contribution in [0.1, 0.15) is 29.2 Å². The molecule has 19 heavy (non-hydrogen) atoms. The van der Waals surface area contributed by atoms with E-state index in [2.05, 4.69) is 82.1 Å². The first-order valence-electron chi connectivity index (χ1n) is 6.55. The van der Waals surface area contributed by atoms with Gasteiger partial charge < -0.3 is 0 Å². The van der Waals surface area contributed by atoms with Crippen molar-refractivity contribution in [2.24, 2.45) is 0 Å². The number of benzene rings is 2. The maximum atomic E-state index is 3.38. The average molecular weight is 311 g/mol. The van der Waals surface area contributed by atoms with Crippen LogP contribution in [0.4, 0.5) is 0 Å². The lowest BCUT2D eigenvalue weighted by Gasteiger charge is -2.27. The third kappa shape index (κ3) is 2.01. The van der Waals surface area contributed by atoms with E-state index in [1.54, 1.807) is 0 Å². The molecule has 1 aliphatic rings. The molecule has 1 aliphatic carbocycles. The molecular formula is C18H15Br. The van der Waals surface area contributed by atoms with Crippen molar-refractivity contribution in [1.29, 1.82) is 0 Å². The van der Waals surface area contributed by atoms with Crippen LogP contribution in [0.5, 0.6) is 0 Å². The number of hydrogen-bond acceptors (Lipinski definition) is 0. The molecule has 0 heterocycles. The van der Waals surface area contributed by atoms with Crippen molar-refractivity contribution in [2.75, 3.05) is 0 Å². The molecule has 0 radical (unpaired) electrons. The highest BCUT2D eigenvalue weighted by Crippen LogP contribution is 2.38. The van der Waals surface area contributed by atoms with Crippen LogP contribution in [0.25, 0.3) is 0 Å². The summed E-state index contributed by atoms with van der Waals surface area (Å²) in [4.78, 5) is 2.95. The van der Waals surface area contributed by atoms with E-state index >= 15 is 0 Å². The summed E-state index contributed by atoms with van der Waals surface area (Å²) in [6.07, 6.45) is 2.18. The summed E-state index contributed by atoms with van der Waals surface area (Å²) in [5, 5.41) is 0. The minimum absolute atomic E-state index is 0.229. The summed E-state index contributed by atoms with van der Waals surface area (Å²) in [6.45, 7) is 2.23. The average Bonchev–Trinajstić information content (AvgIpc) is 2.57. The highest BCUT2D eigenvalue weighted by Gasteiger charge is 2.32. The Morgan fingerprint density at radius 1 is 0.895 bits per heavy atom. The standard InChI is InChI=1S/C18H15Br/c1-18(12-13-19)16-8-4-2-6-14(16)10-11-15-7-3-5-9-17(15)18/h2-9H,10-11H2,1H3. The van der Waals surface area contributed by atoms with E-state index in [0.29, 0.717) is 0 Å². The molecule has 2 aromatic carbocycles. The molecule has 0 N–H and O–H groups in total. The van der Waals surface area contributed by atoms with Gasteiger partial charge in [0.25, 0.3) is 0 Å². The van der Waals surface area contributed by atoms with Crippen LogP contribution >= 0.6 is 15.9 Å². The Labute approximate surface area is 123 Å². The van der Waals surface area contributed by atoms with Crippen LogP contribution in [-0.4, -0.2) is 0 Å². The highest BCUT2D eigenvalue weighted by atomic mass is 79.9. The molecule has 0 saturated carbocycles. The SMILES string of the molecule is CC1(C#CBr)c2ccccc2CCc2ccccc21. The Hall–Kier alpha value is -1.52. The van der Waals surface area contributed by atoms with E-state index in [1.165, 1.54) is 22.3 Å². The molecule has 0 aliphatic heterocycles. The first-order chi connectivity index (χ1) is 9.25. The lowest BCUT2D eigenvalue weighted by molar-refractivity contribution is 0.748. The quantitative estimate of drug-likeness (QED) is 0.631. The van der Waals surface area contributed by atoms with Crippen LogP contribution in [0.3, 0.4) is 0 Å². The van der Waals surface area contributed by atoms with Crippen LogP contribution in [-0.2, 0) is 18.3 Å². The second-order valence-electron chi connectivity index (χ2n) is 5.16. The molecule has 0 bridgehead atoms. The van der Waals surface area contributed by atoms with Crippen molar-refractivity contribution in [3.8, 4) is 10.8 Å². The number of aryl methyl sites for hydroxylation is 2. The van der Waals surface area contributed by atoms with Crippen molar-refractivity contribution in [3.05, 3.63) is 70.8 Å². The van der Waals surface area contributed by atoms with Gasteiger partial charge in [-0.1, -0.05) is 54.5 Å². The molecule has 0 nitrogen and oxygen atoms in total. The van der Waals surface area contributed by atoms with Gasteiger partial charge in [0.05, 0.1) is 5.41 Å². The summed E-state index contributed by atoms with van der Waals surface area (Å²) >= 11 is 3.29. The van der Waals surface area contributed by atoms with Crippen LogP contribution in [0, 0.1) is 10.8 Å². The van der Waals surface area contributed by atoms with Gasteiger partial charge in [-0.2, -0.15) is 0 Å². The van der Waals surface area contributed by atoms with E-state index in [-0.39, 0.29) is 5.41 Å². The molecule has 0 fully saturated rings. The molecule has 0 aromatic heterocycles. The van der Waals surface area contributed by atoms with E-state index < -0.39 is 0 Å². The van der Waals surface area contributed by atoms with E-state index in [0.717, 1.165) is 12.8 Å². The normalized spacial score (nSPS) is 15.5. The first kappa shape index (κ1) is 12.5. The maximum Gasteiger partial charge on any atom is 0.0797 e. The molecule has 0 spiro atoms. The van der Waals surface area contributed by atoms with Crippen LogP contribution in [0.2, 0.25) is 0 Å². The molecular weight excluding hydrogens is 296 g/mol. The Balaban J connectivity index is 2.34. The van der Waals surface area contributed by atoms with E-state index in [4.69, 9.17) is 0 Å². The molecule has 0 atom stereocenters. The van der Waals surface area contributed by atoms with Gasteiger partial charge in [-0.25, -0.2) is 0 Å². The van der Waals surface area contributed by atoms with Crippen LogP contribution < -0.4 is 0 Å². The van der Waals surface area contributed by atoms with Crippen molar-refractivity contribution < 1.29 is 0 Å². The molecule has 1 heteroatoms. The zero-order valence-corrected chi connectivity index (χ0v) is 12.5. The lowest BCUT2D eigenvalue weighted by Crippen LogP contribution is -2.23. The van der Waals surface area contributed by atoms with Gasteiger partial charge >= 0.3 is 0 Å². The number of fused-ring (bicyclic) bond motifs is 2. The molecule has 0 amide bonds. The summed E-state index contributed by atoms with van der Waals surface area (Å²) in [6, 6.07) is 17.4. The van der Waals surface area contributed by atoms with Gasteiger partial charge in [-0.05, 0) is 46.8 Å². The Morgan fingerprint density at radius 2 is 1.37 bits per heavy atom. The predicted octanol–water partition coefficient (Wildman–Crippen LogP) is 4.45. The zero-order chi connectivity index (χ0) is 13.3. The maximum absolute atomic E-state index is 3.38. The third-order valence-electron chi connectivity index (χ3n) is 4.07. The fraction of sp³-hybridized carbons (Fsp3) is 0.222. The smallest absolute Gasteiger partial charge is 0.0746 e. The minimum atomic E-state index is -0.229. The Bertz CT molecular complexity index is 626. The Kier molecular flexibility index (Phi) is 3.21. The summed E-state index contributed by atoms with van der Waals surface area (Å²) < 4.78 is 0. The van der Waals surface area contributed by atoms with Gasteiger partial charge in [-0.15, -0.1) is 0 Å². The Morgan fingerprint density at radius 3 is 1.84 bits per heavy atom. The second kappa shape index (κ2) is 4.87. The second-order valence-corrected chi connectivity index (χ2v) is 5.56. The number of rotatable bonds is 0. The van der Waals surface area contributed by atoms with Crippen molar-refractivity contribution in [3.63, 3.8) is 0 Å². The number of halogens is 1. The zero-order valence-electron chi connectivity index (χ0n) is 10.9. The van der Waals surface area contributed by atoms with Gasteiger partial charge in [0.2, 0.25) is 0 Å². The van der Waals surface area contributed by atoms with Gasteiger partial charge in [-0.3, -0.25) is 0 Å². The highest BCUT2D eigenvalue weighted by molar-refractivity contribution is 9.12. The summed E-state index contributed by atoms with van der Waals surface area (Å²) in [5.74, 6) is 3.38. The molecule has 94 valence electrons. The molecule has 3 rings (SSSR count). The van der Waals surface area contributed by atoms with Crippen molar-refractivity contribution in [2.45, 2.75) is 25.2 Å². The van der Waals surface area contributed by atoms with Crippen LogP contribution in [0.15, 0.2) is 48.5 Å². The van der Waals surface area contributed by atoms with E-state index in [9.17, 15) is 0 Å². The molecule has 2 aromatic rings. The third-order valence-corrected chi connectivity index (χ3v) is 4.27. The van der Waals surface area contributed by atoms with Gasteiger partial charge in [0.15, 0.2) is 0 Å². The lowest BCUT2D eigenvalue weighted by atomic mass is 9.75. The minimum Gasteiger partial charge on any atom is -0.0746 e. The fourth-order valence-electron chi connectivity index (χ4n) is 3.10. The predicted molar refractivity (Wildman–Crippen MR) is 83.4 cm³/mol. The number of hydrogen-bond donors (Lipinski definition) is 0. The summed E-state index contributed by atoms with van der Waals surface area (Å²) in [7, 11) is 0. The topological polar surface area (TPSA) is 0 Å². The van der Waals surface area contributed by atoms with Gasteiger partial charge in [0, 0.05) is 15.9 Å². The summed E-state index contributed by atoms with van der Waals surface area (Å²) in [5.41, 5.74) is 5.28. The molecule has 0 unspecified atom stereocenters. The largest absolute Gasteiger partial charge is 0.0797 e. The van der Waals surface area contributed by atoms with Gasteiger partial charge in [0.1, 0.15) is 0 Å². The fourth-order valence-corrected chi connectivity index (χ4v) is 3.49. The van der Waals surface area contributed by atoms with Crippen molar-refractivity contribution in [1.82, 2.24) is 0 Å².